The Bertz CT molecular complexity index is 382. The number of nitrogens with two attached hydrogens (primary N) is 1. The molecule has 3 heteroatoms. The molecular formula is C9H9N3. The summed E-state index contributed by atoms with van der Waals surface area (Å²) in [5.41, 5.74) is 8.26. The fourth-order valence-electron chi connectivity index (χ4n) is 1.13. The number of rotatable bonds is 0. The second-order valence-corrected chi connectivity index (χ2v) is 2.73. The minimum atomic E-state index is 0.535. The van der Waals surface area contributed by atoms with Crippen LogP contribution in [0.3, 0.4) is 0 Å². The second kappa shape index (κ2) is 2.44. The highest BCUT2D eigenvalue weighted by atomic mass is 14.8. The molecule has 0 bridgehead atoms. The predicted molar refractivity (Wildman–Crippen MR) is 48.7 cm³/mol. The van der Waals surface area contributed by atoms with Gasteiger partial charge in [0, 0.05) is 5.69 Å². The topological polar surface area (TPSA) is 51.8 Å². The van der Waals surface area contributed by atoms with E-state index in [9.17, 15) is 0 Å². The third kappa shape index (κ3) is 1.09. The van der Waals surface area contributed by atoms with Crippen LogP contribution >= 0.6 is 0 Å². The first-order chi connectivity index (χ1) is 5.75. The van der Waals surface area contributed by atoms with Gasteiger partial charge in [0.2, 0.25) is 0 Å². The molecule has 60 valence electrons. The van der Waals surface area contributed by atoms with Crippen LogP contribution in [0.25, 0.3) is 11.0 Å². The summed E-state index contributed by atoms with van der Waals surface area (Å²) in [6.07, 6.45) is 0. The van der Waals surface area contributed by atoms with E-state index in [1.807, 2.05) is 25.1 Å². The van der Waals surface area contributed by atoms with Crippen LogP contribution in [-0.4, -0.2) is 9.97 Å². The molecule has 0 spiro atoms. The monoisotopic (exact) mass is 159 g/mol. The molecule has 0 amide bonds. The van der Waals surface area contributed by atoms with Gasteiger partial charge >= 0.3 is 0 Å². The number of aryl methyl sites for hydroxylation is 1. The van der Waals surface area contributed by atoms with Crippen molar-refractivity contribution in [2.45, 2.75) is 6.92 Å². The average Bonchev–Trinajstić information content (AvgIpc) is 2.05. The molecule has 0 unspecified atom stereocenters. The second-order valence-electron chi connectivity index (χ2n) is 2.73. The number of hydrogen-bond acceptors (Lipinski definition) is 3. The minimum Gasteiger partial charge on any atom is -0.384 e. The van der Waals surface area contributed by atoms with Crippen molar-refractivity contribution in [3.05, 3.63) is 30.0 Å². The molecule has 2 rings (SSSR count). The smallest absolute Gasteiger partial charge is 0.124 e. The summed E-state index contributed by atoms with van der Waals surface area (Å²) in [5, 5.41) is 0. The molecule has 0 radical (unpaired) electrons. The molecule has 0 fully saturated rings. The maximum absolute atomic E-state index is 5.52. The summed E-state index contributed by atoms with van der Waals surface area (Å²) in [5.74, 6) is 0.535. The van der Waals surface area contributed by atoms with Gasteiger partial charge in [0.1, 0.15) is 5.82 Å². The van der Waals surface area contributed by atoms with Crippen LogP contribution in [0.1, 0.15) is 5.69 Å². The van der Waals surface area contributed by atoms with Crippen molar-refractivity contribution >= 4 is 16.9 Å². The maximum atomic E-state index is 5.52. The van der Waals surface area contributed by atoms with Gasteiger partial charge in [0.25, 0.3) is 0 Å². The highest BCUT2D eigenvalue weighted by Crippen LogP contribution is 2.11. The molecule has 12 heavy (non-hydrogen) atoms. The van der Waals surface area contributed by atoms with Crippen molar-refractivity contribution in [1.29, 1.82) is 0 Å². The summed E-state index contributed by atoms with van der Waals surface area (Å²) >= 11 is 0. The number of hydrogen-bond donors (Lipinski definition) is 1. The Morgan fingerprint density at radius 3 is 2.50 bits per heavy atom. The normalized spacial score (nSPS) is 10.4. The van der Waals surface area contributed by atoms with Crippen LogP contribution in [0, 0.1) is 6.92 Å². The lowest BCUT2D eigenvalue weighted by Gasteiger charge is -1.98. The Morgan fingerprint density at radius 2 is 1.67 bits per heavy atom. The van der Waals surface area contributed by atoms with Crippen molar-refractivity contribution in [1.82, 2.24) is 9.97 Å². The SMILES string of the molecule is Cc1ccc2nc(N)ccc2n1. The summed E-state index contributed by atoms with van der Waals surface area (Å²) in [4.78, 5) is 8.43. The zero-order valence-corrected chi connectivity index (χ0v) is 6.78. The molecule has 0 aromatic carbocycles. The van der Waals surface area contributed by atoms with Gasteiger partial charge < -0.3 is 5.73 Å². The van der Waals surface area contributed by atoms with E-state index in [-0.39, 0.29) is 0 Å². The fourth-order valence-corrected chi connectivity index (χ4v) is 1.13. The van der Waals surface area contributed by atoms with Gasteiger partial charge in [0.05, 0.1) is 11.0 Å². The van der Waals surface area contributed by atoms with Crippen LogP contribution < -0.4 is 5.73 Å². The third-order valence-electron chi connectivity index (χ3n) is 1.70. The van der Waals surface area contributed by atoms with Crippen molar-refractivity contribution in [3.8, 4) is 0 Å². The Morgan fingerprint density at radius 1 is 1.00 bits per heavy atom. The van der Waals surface area contributed by atoms with E-state index >= 15 is 0 Å². The lowest BCUT2D eigenvalue weighted by molar-refractivity contribution is 1.24. The van der Waals surface area contributed by atoms with Gasteiger partial charge in [-0.15, -0.1) is 0 Å². The highest BCUT2D eigenvalue weighted by Gasteiger charge is 1.95. The zero-order valence-electron chi connectivity index (χ0n) is 6.78. The molecule has 0 aliphatic rings. The van der Waals surface area contributed by atoms with Gasteiger partial charge in [-0.25, -0.2) is 4.98 Å². The zero-order chi connectivity index (χ0) is 8.55. The van der Waals surface area contributed by atoms with E-state index in [0.717, 1.165) is 16.7 Å². The Balaban J connectivity index is 2.79. The van der Waals surface area contributed by atoms with Gasteiger partial charge in [-0.2, -0.15) is 0 Å². The summed E-state index contributed by atoms with van der Waals surface area (Å²) in [6, 6.07) is 7.49. The molecule has 0 aliphatic carbocycles. The van der Waals surface area contributed by atoms with Crippen molar-refractivity contribution in [2.75, 3.05) is 5.73 Å². The van der Waals surface area contributed by atoms with Gasteiger partial charge in [-0.1, -0.05) is 0 Å². The number of anilines is 1. The average molecular weight is 159 g/mol. The van der Waals surface area contributed by atoms with Crippen molar-refractivity contribution < 1.29 is 0 Å². The van der Waals surface area contributed by atoms with Gasteiger partial charge in [0.15, 0.2) is 0 Å². The van der Waals surface area contributed by atoms with Crippen LogP contribution in [-0.2, 0) is 0 Å². The molecule has 2 aromatic heterocycles. The quantitative estimate of drug-likeness (QED) is 0.634. The van der Waals surface area contributed by atoms with Gasteiger partial charge in [-0.3, -0.25) is 4.98 Å². The van der Waals surface area contributed by atoms with Crippen LogP contribution in [0.2, 0.25) is 0 Å². The van der Waals surface area contributed by atoms with E-state index in [1.54, 1.807) is 6.07 Å². The first-order valence-electron chi connectivity index (χ1n) is 3.75. The molecule has 2 aromatic rings. The van der Waals surface area contributed by atoms with Crippen LogP contribution in [0.15, 0.2) is 24.3 Å². The lowest BCUT2D eigenvalue weighted by atomic mass is 10.3. The molecule has 2 N–H and O–H groups in total. The number of pyridine rings is 2. The Labute approximate surface area is 70.3 Å². The molecule has 2 heterocycles. The first kappa shape index (κ1) is 7.03. The lowest BCUT2D eigenvalue weighted by Crippen LogP contribution is -1.91. The number of fused-ring (bicyclic) bond motifs is 1. The Hall–Kier alpha value is -1.64. The molecule has 0 aliphatic heterocycles. The number of nitrogen functional groups attached to an aromatic ring is 1. The number of aromatic nitrogens is 2. The predicted octanol–water partition coefficient (Wildman–Crippen LogP) is 1.52. The van der Waals surface area contributed by atoms with E-state index in [0.29, 0.717) is 5.82 Å². The Kier molecular flexibility index (Phi) is 1.43. The van der Waals surface area contributed by atoms with E-state index in [2.05, 4.69) is 9.97 Å². The molecular weight excluding hydrogens is 150 g/mol. The fraction of sp³-hybridized carbons (Fsp3) is 0.111. The standard InChI is InChI=1S/C9H9N3/c1-6-2-3-8-7(11-6)4-5-9(10)12-8/h2-5H,1H3,(H2,10,12). The molecule has 0 saturated carbocycles. The molecule has 0 saturated heterocycles. The summed E-state index contributed by atoms with van der Waals surface area (Å²) in [6.45, 7) is 1.95. The first-order valence-corrected chi connectivity index (χ1v) is 3.75. The van der Waals surface area contributed by atoms with E-state index in [1.165, 1.54) is 0 Å². The van der Waals surface area contributed by atoms with Crippen molar-refractivity contribution in [3.63, 3.8) is 0 Å². The maximum Gasteiger partial charge on any atom is 0.124 e. The van der Waals surface area contributed by atoms with Crippen LogP contribution in [0.5, 0.6) is 0 Å². The van der Waals surface area contributed by atoms with Gasteiger partial charge in [-0.05, 0) is 31.2 Å². The number of nitrogens with zero attached hydrogens (tertiary/aromatic N) is 2. The third-order valence-corrected chi connectivity index (χ3v) is 1.70. The van der Waals surface area contributed by atoms with Crippen LogP contribution in [0.4, 0.5) is 5.82 Å². The highest BCUT2D eigenvalue weighted by molar-refractivity contribution is 5.75. The van der Waals surface area contributed by atoms with Crippen molar-refractivity contribution in [2.24, 2.45) is 0 Å². The van der Waals surface area contributed by atoms with E-state index < -0.39 is 0 Å². The largest absolute Gasteiger partial charge is 0.384 e. The summed E-state index contributed by atoms with van der Waals surface area (Å²) < 4.78 is 0. The molecule has 0 atom stereocenters. The molecule has 3 nitrogen and oxygen atoms in total. The summed E-state index contributed by atoms with van der Waals surface area (Å²) in [7, 11) is 0. The van der Waals surface area contributed by atoms with E-state index in [4.69, 9.17) is 5.73 Å². The minimum absolute atomic E-state index is 0.535.